The lowest BCUT2D eigenvalue weighted by molar-refractivity contribution is -0.120. The van der Waals surface area contributed by atoms with Gasteiger partial charge in [-0.2, -0.15) is 0 Å². The molecule has 0 saturated carbocycles. The zero-order valence-corrected chi connectivity index (χ0v) is 11.8. The molecule has 3 N–H and O–H groups in total. The number of amides is 1. The van der Waals surface area contributed by atoms with Crippen LogP contribution in [0, 0.1) is 11.8 Å². The Morgan fingerprint density at radius 3 is 2.71 bits per heavy atom. The topological polar surface area (TPSA) is 55.1 Å². The van der Waals surface area contributed by atoms with Gasteiger partial charge in [-0.05, 0) is 30.5 Å². The van der Waals surface area contributed by atoms with Crippen LogP contribution in [0.3, 0.4) is 0 Å². The van der Waals surface area contributed by atoms with E-state index in [2.05, 4.69) is 35.1 Å². The van der Waals surface area contributed by atoms with Crippen molar-refractivity contribution in [3.63, 3.8) is 0 Å². The van der Waals surface area contributed by atoms with E-state index in [-0.39, 0.29) is 11.8 Å². The minimum absolute atomic E-state index is 0.000648. The van der Waals surface area contributed by atoms with Gasteiger partial charge in [0.05, 0.1) is 5.92 Å². The molecule has 3 nitrogen and oxygen atoms in total. The number of halogens is 1. The van der Waals surface area contributed by atoms with Gasteiger partial charge in [-0.3, -0.25) is 4.79 Å². The van der Waals surface area contributed by atoms with Crippen molar-refractivity contribution in [3.8, 4) is 0 Å². The van der Waals surface area contributed by atoms with Crippen LogP contribution in [0.5, 0.6) is 0 Å². The first kappa shape index (κ1) is 14.2. The van der Waals surface area contributed by atoms with Crippen LogP contribution in [-0.2, 0) is 4.79 Å². The van der Waals surface area contributed by atoms with Crippen molar-refractivity contribution in [2.45, 2.75) is 20.3 Å². The normalized spacial score (nSPS) is 12.5. The molecule has 4 heteroatoms. The molecule has 0 aliphatic carbocycles. The van der Waals surface area contributed by atoms with Crippen molar-refractivity contribution in [1.29, 1.82) is 0 Å². The second-order valence-corrected chi connectivity index (χ2v) is 5.48. The number of nitrogens with two attached hydrogens (primary N) is 1. The molecule has 17 heavy (non-hydrogen) atoms. The third-order valence-electron chi connectivity index (χ3n) is 2.50. The summed E-state index contributed by atoms with van der Waals surface area (Å²) in [4.78, 5) is 12.0. The third-order valence-corrected chi connectivity index (χ3v) is 3.00. The maximum absolute atomic E-state index is 12.0. The highest BCUT2D eigenvalue weighted by Gasteiger charge is 2.18. The van der Waals surface area contributed by atoms with Crippen LogP contribution >= 0.6 is 15.9 Å². The quantitative estimate of drug-likeness (QED) is 0.878. The minimum atomic E-state index is -0.117. The van der Waals surface area contributed by atoms with Crippen molar-refractivity contribution in [2.24, 2.45) is 17.6 Å². The molecule has 1 aromatic rings. The molecule has 0 heterocycles. The summed E-state index contributed by atoms with van der Waals surface area (Å²) in [6.07, 6.45) is 0.816. The standard InChI is InChI=1S/C13H19BrN2O/c1-9(2)6-10(8-15)13(17)16-12-5-3-4-11(14)7-12/h3-5,7,9-10H,6,8,15H2,1-2H3,(H,16,17). The molecule has 1 rings (SSSR count). The second kappa shape index (κ2) is 6.77. The van der Waals surface area contributed by atoms with E-state index in [1.807, 2.05) is 24.3 Å². The van der Waals surface area contributed by atoms with Crippen molar-refractivity contribution >= 4 is 27.5 Å². The Morgan fingerprint density at radius 2 is 2.18 bits per heavy atom. The summed E-state index contributed by atoms with van der Waals surface area (Å²) in [6, 6.07) is 7.55. The van der Waals surface area contributed by atoms with Gasteiger partial charge in [0.2, 0.25) is 5.91 Å². The molecule has 0 aliphatic rings. The van der Waals surface area contributed by atoms with Gasteiger partial charge < -0.3 is 11.1 Å². The molecule has 0 fully saturated rings. The Bertz CT molecular complexity index is 379. The monoisotopic (exact) mass is 298 g/mol. The zero-order chi connectivity index (χ0) is 12.8. The van der Waals surface area contributed by atoms with Gasteiger partial charge >= 0.3 is 0 Å². The van der Waals surface area contributed by atoms with E-state index in [0.29, 0.717) is 12.5 Å². The van der Waals surface area contributed by atoms with Gasteiger partial charge in [0.15, 0.2) is 0 Å². The molecule has 0 aliphatic heterocycles. The lowest BCUT2D eigenvalue weighted by atomic mass is 9.96. The first-order valence-electron chi connectivity index (χ1n) is 5.79. The second-order valence-electron chi connectivity index (χ2n) is 4.56. The average molecular weight is 299 g/mol. The number of hydrogen-bond donors (Lipinski definition) is 2. The smallest absolute Gasteiger partial charge is 0.228 e. The van der Waals surface area contributed by atoms with Crippen LogP contribution in [0.2, 0.25) is 0 Å². The fourth-order valence-corrected chi connectivity index (χ4v) is 2.09. The number of benzene rings is 1. The zero-order valence-electron chi connectivity index (χ0n) is 10.2. The first-order valence-corrected chi connectivity index (χ1v) is 6.58. The van der Waals surface area contributed by atoms with Gasteiger partial charge in [-0.1, -0.05) is 35.8 Å². The van der Waals surface area contributed by atoms with E-state index in [1.165, 1.54) is 0 Å². The summed E-state index contributed by atoms with van der Waals surface area (Å²) >= 11 is 3.37. The molecule has 1 unspecified atom stereocenters. The highest BCUT2D eigenvalue weighted by molar-refractivity contribution is 9.10. The number of carbonyl (C=O) groups is 1. The summed E-state index contributed by atoms with van der Waals surface area (Å²) in [7, 11) is 0. The van der Waals surface area contributed by atoms with Gasteiger partial charge in [-0.25, -0.2) is 0 Å². The van der Waals surface area contributed by atoms with Crippen LogP contribution in [0.4, 0.5) is 5.69 Å². The predicted molar refractivity (Wildman–Crippen MR) is 74.8 cm³/mol. The number of anilines is 1. The van der Waals surface area contributed by atoms with Gasteiger partial charge in [-0.15, -0.1) is 0 Å². The lowest BCUT2D eigenvalue weighted by Crippen LogP contribution is -2.30. The number of nitrogens with one attached hydrogen (secondary N) is 1. The van der Waals surface area contributed by atoms with Crippen LogP contribution in [0.15, 0.2) is 28.7 Å². The van der Waals surface area contributed by atoms with Crippen LogP contribution in [-0.4, -0.2) is 12.5 Å². The largest absolute Gasteiger partial charge is 0.330 e. The molecule has 1 aromatic carbocycles. The molecular formula is C13H19BrN2O. The maximum Gasteiger partial charge on any atom is 0.228 e. The van der Waals surface area contributed by atoms with Crippen molar-refractivity contribution in [1.82, 2.24) is 0 Å². The number of hydrogen-bond acceptors (Lipinski definition) is 2. The fraction of sp³-hybridized carbons (Fsp3) is 0.462. The molecule has 0 saturated heterocycles. The number of carbonyl (C=O) groups excluding carboxylic acids is 1. The van der Waals surface area contributed by atoms with E-state index in [0.717, 1.165) is 16.6 Å². The number of rotatable bonds is 5. The van der Waals surface area contributed by atoms with Crippen molar-refractivity contribution in [2.75, 3.05) is 11.9 Å². The molecule has 0 spiro atoms. The minimum Gasteiger partial charge on any atom is -0.330 e. The van der Waals surface area contributed by atoms with Crippen molar-refractivity contribution < 1.29 is 4.79 Å². The summed E-state index contributed by atoms with van der Waals surface area (Å²) in [5.74, 6) is 0.352. The highest BCUT2D eigenvalue weighted by atomic mass is 79.9. The van der Waals surface area contributed by atoms with E-state index < -0.39 is 0 Å². The summed E-state index contributed by atoms with van der Waals surface area (Å²) in [6.45, 7) is 4.57. The molecule has 0 aromatic heterocycles. The predicted octanol–water partition coefficient (Wildman–Crippen LogP) is 3.01. The summed E-state index contributed by atoms with van der Waals surface area (Å²) in [5, 5.41) is 2.89. The molecule has 94 valence electrons. The highest BCUT2D eigenvalue weighted by Crippen LogP contribution is 2.18. The Hall–Kier alpha value is -0.870. The molecule has 1 atom stereocenters. The Balaban J connectivity index is 2.64. The van der Waals surface area contributed by atoms with E-state index in [1.54, 1.807) is 0 Å². The van der Waals surface area contributed by atoms with Crippen LogP contribution < -0.4 is 11.1 Å². The van der Waals surface area contributed by atoms with E-state index in [4.69, 9.17) is 5.73 Å². The first-order chi connectivity index (χ1) is 8.02. The Kier molecular flexibility index (Phi) is 5.65. The summed E-state index contributed by atoms with van der Waals surface area (Å²) in [5.41, 5.74) is 6.43. The average Bonchev–Trinajstić information content (AvgIpc) is 2.25. The van der Waals surface area contributed by atoms with E-state index in [9.17, 15) is 4.79 Å². The molecule has 0 bridgehead atoms. The molecular weight excluding hydrogens is 280 g/mol. The van der Waals surface area contributed by atoms with Gasteiger partial charge in [0, 0.05) is 16.7 Å². The lowest BCUT2D eigenvalue weighted by Gasteiger charge is -2.16. The van der Waals surface area contributed by atoms with Crippen molar-refractivity contribution in [3.05, 3.63) is 28.7 Å². The third kappa shape index (κ3) is 4.88. The Labute approximate surface area is 111 Å². The SMILES string of the molecule is CC(C)CC(CN)C(=O)Nc1cccc(Br)c1. The summed E-state index contributed by atoms with van der Waals surface area (Å²) < 4.78 is 0.948. The molecule has 1 amide bonds. The Morgan fingerprint density at radius 1 is 1.47 bits per heavy atom. The maximum atomic E-state index is 12.0. The van der Waals surface area contributed by atoms with Crippen LogP contribution in [0.1, 0.15) is 20.3 Å². The van der Waals surface area contributed by atoms with Gasteiger partial charge in [0.1, 0.15) is 0 Å². The van der Waals surface area contributed by atoms with Gasteiger partial charge in [0.25, 0.3) is 0 Å². The fourth-order valence-electron chi connectivity index (χ4n) is 1.69. The van der Waals surface area contributed by atoms with E-state index >= 15 is 0 Å². The van der Waals surface area contributed by atoms with Crippen LogP contribution in [0.25, 0.3) is 0 Å². The molecule has 0 radical (unpaired) electrons.